The molecule has 0 radical (unpaired) electrons. The van der Waals surface area contributed by atoms with E-state index in [-0.39, 0.29) is 5.91 Å². The maximum Gasteiger partial charge on any atom is 0.263 e. The van der Waals surface area contributed by atoms with E-state index in [0.29, 0.717) is 5.56 Å². The number of fused-ring (bicyclic) bond motifs is 1. The van der Waals surface area contributed by atoms with E-state index in [4.69, 9.17) is 0 Å². The van der Waals surface area contributed by atoms with Gasteiger partial charge in [0.25, 0.3) is 5.91 Å². The summed E-state index contributed by atoms with van der Waals surface area (Å²) in [5.74, 6) is 0.0250. The number of carbonyl (C=O) groups is 1. The minimum Gasteiger partial charge on any atom is -0.304 e. The molecular formula is C22H24BrN3O. The minimum absolute atomic E-state index is 0.0250. The summed E-state index contributed by atoms with van der Waals surface area (Å²) in [5, 5.41) is 1.12. The number of likely N-dealkylation sites (N-methyl/N-ethyl adjacent to an activating group) is 1. The monoisotopic (exact) mass is 425 g/mol. The van der Waals surface area contributed by atoms with Crippen LogP contribution in [0.4, 0.5) is 0 Å². The molecule has 0 saturated carbocycles. The Kier molecular flexibility index (Phi) is 5.43. The first-order chi connectivity index (χ1) is 13.1. The van der Waals surface area contributed by atoms with E-state index in [1.165, 1.54) is 0 Å². The zero-order valence-corrected chi connectivity index (χ0v) is 17.2. The fraction of sp³-hybridized carbons (Fsp3) is 0.318. The quantitative estimate of drug-likeness (QED) is 0.634. The molecule has 27 heavy (non-hydrogen) atoms. The highest BCUT2D eigenvalue weighted by Gasteiger charge is 2.20. The molecule has 1 aromatic heterocycles. The Morgan fingerprint density at radius 3 is 2.48 bits per heavy atom. The SMILES string of the molecule is CN1CCN(CCc2cc3ccccc3n2C(=O)c2ccccc2Br)CC1. The molecule has 4 nitrogen and oxygen atoms in total. The summed E-state index contributed by atoms with van der Waals surface area (Å²) in [4.78, 5) is 18.2. The summed E-state index contributed by atoms with van der Waals surface area (Å²) >= 11 is 3.53. The van der Waals surface area contributed by atoms with Gasteiger partial charge in [-0.1, -0.05) is 30.3 Å². The molecule has 1 saturated heterocycles. The predicted octanol–water partition coefficient (Wildman–Crippen LogP) is 3.88. The molecule has 0 atom stereocenters. The van der Waals surface area contributed by atoms with Crippen LogP contribution in [0.5, 0.6) is 0 Å². The van der Waals surface area contributed by atoms with Crippen molar-refractivity contribution in [3.8, 4) is 0 Å². The average molecular weight is 426 g/mol. The molecule has 0 spiro atoms. The lowest BCUT2D eigenvalue weighted by atomic mass is 10.2. The van der Waals surface area contributed by atoms with Gasteiger partial charge in [-0.25, -0.2) is 0 Å². The normalized spacial score (nSPS) is 16.1. The van der Waals surface area contributed by atoms with Crippen LogP contribution in [0, 0.1) is 0 Å². The van der Waals surface area contributed by atoms with Crippen molar-refractivity contribution in [2.75, 3.05) is 39.8 Å². The van der Waals surface area contributed by atoms with Crippen LogP contribution in [0.3, 0.4) is 0 Å². The molecule has 1 fully saturated rings. The highest BCUT2D eigenvalue weighted by Crippen LogP contribution is 2.25. The van der Waals surface area contributed by atoms with Crippen molar-refractivity contribution in [3.05, 3.63) is 70.3 Å². The molecule has 1 aliphatic heterocycles. The first kappa shape index (κ1) is 18.4. The van der Waals surface area contributed by atoms with E-state index in [1.807, 2.05) is 47.0 Å². The van der Waals surface area contributed by atoms with Gasteiger partial charge in [-0.2, -0.15) is 0 Å². The summed E-state index contributed by atoms with van der Waals surface area (Å²) in [6, 6.07) is 17.9. The van der Waals surface area contributed by atoms with E-state index >= 15 is 0 Å². The topological polar surface area (TPSA) is 28.5 Å². The summed E-state index contributed by atoms with van der Waals surface area (Å²) in [7, 11) is 2.17. The van der Waals surface area contributed by atoms with Crippen molar-refractivity contribution < 1.29 is 4.79 Å². The van der Waals surface area contributed by atoms with Crippen molar-refractivity contribution >= 4 is 32.7 Å². The van der Waals surface area contributed by atoms with E-state index in [1.54, 1.807) is 0 Å². The number of hydrogen-bond acceptors (Lipinski definition) is 3. The Hall–Kier alpha value is -1.95. The Morgan fingerprint density at radius 1 is 1.00 bits per heavy atom. The van der Waals surface area contributed by atoms with Crippen LogP contribution in [0.1, 0.15) is 16.1 Å². The fourth-order valence-electron chi connectivity index (χ4n) is 3.74. The second-order valence-electron chi connectivity index (χ2n) is 7.21. The van der Waals surface area contributed by atoms with Crippen LogP contribution >= 0.6 is 15.9 Å². The summed E-state index contributed by atoms with van der Waals surface area (Å²) in [5.41, 5.74) is 2.75. The Labute approximate surface area is 168 Å². The molecule has 4 rings (SSSR count). The maximum atomic E-state index is 13.4. The third-order valence-electron chi connectivity index (χ3n) is 5.37. The van der Waals surface area contributed by atoms with Gasteiger partial charge in [0.15, 0.2) is 0 Å². The standard InChI is InChI=1S/C22H24BrN3O/c1-24-12-14-25(15-13-24)11-10-18-16-17-6-2-5-9-21(17)26(18)22(27)19-7-3-4-8-20(19)23/h2-9,16H,10-15H2,1H3. The molecular weight excluding hydrogens is 402 g/mol. The molecule has 2 heterocycles. The number of hydrogen-bond donors (Lipinski definition) is 0. The Morgan fingerprint density at radius 2 is 1.70 bits per heavy atom. The van der Waals surface area contributed by atoms with E-state index in [9.17, 15) is 4.79 Å². The number of halogens is 1. The molecule has 3 aromatic rings. The van der Waals surface area contributed by atoms with Gasteiger partial charge in [0.05, 0.1) is 11.1 Å². The molecule has 2 aromatic carbocycles. The van der Waals surface area contributed by atoms with Crippen molar-refractivity contribution in [1.29, 1.82) is 0 Å². The van der Waals surface area contributed by atoms with Gasteiger partial charge >= 0.3 is 0 Å². The van der Waals surface area contributed by atoms with Crippen molar-refractivity contribution in [2.24, 2.45) is 0 Å². The zero-order valence-electron chi connectivity index (χ0n) is 15.6. The number of benzene rings is 2. The largest absolute Gasteiger partial charge is 0.304 e. The van der Waals surface area contributed by atoms with Gasteiger partial charge in [0.2, 0.25) is 0 Å². The van der Waals surface area contributed by atoms with Gasteiger partial charge in [-0.3, -0.25) is 9.36 Å². The first-order valence-corrected chi connectivity index (χ1v) is 10.2. The van der Waals surface area contributed by atoms with Crippen LogP contribution in [-0.4, -0.2) is 60.0 Å². The Bertz CT molecular complexity index is 957. The highest BCUT2D eigenvalue weighted by atomic mass is 79.9. The fourth-order valence-corrected chi connectivity index (χ4v) is 4.19. The minimum atomic E-state index is 0.0250. The number of rotatable bonds is 4. The molecule has 140 valence electrons. The first-order valence-electron chi connectivity index (χ1n) is 9.43. The van der Waals surface area contributed by atoms with Gasteiger partial charge in [-0.05, 0) is 47.2 Å². The van der Waals surface area contributed by atoms with Crippen LogP contribution in [0.15, 0.2) is 59.1 Å². The van der Waals surface area contributed by atoms with Crippen LogP contribution in [-0.2, 0) is 6.42 Å². The van der Waals surface area contributed by atoms with Gasteiger partial charge < -0.3 is 9.80 Å². The van der Waals surface area contributed by atoms with Crippen LogP contribution in [0.25, 0.3) is 10.9 Å². The molecule has 0 amide bonds. The number of para-hydroxylation sites is 1. The summed E-state index contributed by atoms with van der Waals surface area (Å²) < 4.78 is 2.73. The van der Waals surface area contributed by atoms with Crippen LogP contribution in [0.2, 0.25) is 0 Å². The average Bonchev–Trinajstić information content (AvgIpc) is 3.06. The molecule has 0 unspecified atom stereocenters. The molecule has 5 heteroatoms. The Balaban J connectivity index is 1.65. The third kappa shape index (κ3) is 3.86. The van der Waals surface area contributed by atoms with Gasteiger partial charge in [0.1, 0.15) is 0 Å². The summed E-state index contributed by atoms with van der Waals surface area (Å²) in [6.45, 7) is 5.38. The number of carbonyl (C=O) groups excluding carboxylic acids is 1. The van der Waals surface area contributed by atoms with Crippen molar-refractivity contribution in [1.82, 2.24) is 14.4 Å². The van der Waals surface area contributed by atoms with Gasteiger partial charge in [-0.15, -0.1) is 0 Å². The summed E-state index contributed by atoms with van der Waals surface area (Å²) in [6.07, 6.45) is 0.870. The lowest BCUT2D eigenvalue weighted by molar-refractivity contribution is 0.0960. The second kappa shape index (κ2) is 7.97. The lowest BCUT2D eigenvalue weighted by Gasteiger charge is -2.32. The van der Waals surface area contributed by atoms with Gasteiger partial charge in [0, 0.05) is 54.7 Å². The van der Waals surface area contributed by atoms with Crippen LogP contribution < -0.4 is 0 Å². The molecule has 0 N–H and O–H groups in total. The smallest absolute Gasteiger partial charge is 0.263 e. The van der Waals surface area contributed by atoms with Crippen molar-refractivity contribution in [2.45, 2.75) is 6.42 Å². The number of aromatic nitrogens is 1. The van der Waals surface area contributed by atoms with E-state index in [0.717, 1.165) is 60.2 Å². The molecule has 0 bridgehead atoms. The second-order valence-corrected chi connectivity index (χ2v) is 8.06. The maximum absolute atomic E-state index is 13.4. The zero-order chi connectivity index (χ0) is 18.8. The molecule has 0 aliphatic carbocycles. The number of piperazine rings is 1. The van der Waals surface area contributed by atoms with E-state index in [2.05, 4.69) is 44.9 Å². The highest BCUT2D eigenvalue weighted by molar-refractivity contribution is 9.10. The molecule has 1 aliphatic rings. The third-order valence-corrected chi connectivity index (χ3v) is 6.07. The van der Waals surface area contributed by atoms with Crippen molar-refractivity contribution in [3.63, 3.8) is 0 Å². The number of nitrogens with zero attached hydrogens (tertiary/aromatic N) is 3. The van der Waals surface area contributed by atoms with E-state index < -0.39 is 0 Å². The predicted molar refractivity (Wildman–Crippen MR) is 113 cm³/mol. The lowest BCUT2D eigenvalue weighted by Crippen LogP contribution is -2.45.